The van der Waals surface area contributed by atoms with Crippen LogP contribution in [0.5, 0.6) is 0 Å². The van der Waals surface area contributed by atoms with E-state index < -0.39 is 0 Å². The van der Waals surface area contributed by atoms with Gasteiger partial charge in [-0.2, -0.15) is 0 Å². The molecule has 1 radical (unpaired) electrons. The summed E-state index contributed by atoms with van der Waals surface area (Å²) in [7, 11) is 0. The van der Waals surface area contributed by atoms with Crippen LogP contribution in [0, 0.1) is 6.42 Å². The molecule has 0 aromatic heterocycles. The molecule has 1 heteroatoms. The third-order valence-corrected chi connectivity index (χ3v) is 2.33. The Morgan fingerprint density at radius 2 is 1.75 bits per heavy atom. The van der Waals surface area contributed by atoms with Crippen LogP contribution < -0.4 is 0 Å². The summed E-state index contributed by atoms with van der Waals surface area (Å²) in [6.45, 7) is 4.39. The van der Waals surface area contributed by atoms with Crippen molar-refractivity contribution < 1.29 is 0 Å². The maximum Gasteiger partial charge on any atom is -0.00270 e. The molecule has 0 saturated carbocycles. The molecule has 0 atom stereocenters. The van der Waals surface area contributed by atoms with E-state index in [1.165, 1.54) is 32.1 Å². The van der Waals surface area contributed by atoms with E-state index in [1.807, 2.05) is 0 Å². The summed E-state index contributed by atoms with van der Waals surface area (Å²) in [5, 5.41) is 0. The van der Waals surface area contributed by atoms with Gasteiger partial charge in [-0.05, 0) is 30.5 Å². The number of unbranched alkanes of at least 4 members (excludes halogenated alkanes) is 4. The van der Waals surface area contributed by atoms with Gasteiger partial charge in [-0.25, -0.2) is 0 Å². The lowest BCUT2D eigenvalue weighted by Gasteiger charge is -2.01. The summed E-state index contributed by atoms with van der Waals surface area (Å²) >= 11 is 5.18. The van der Waals surface area contributed by atoms with Crippen LogP contribution in [0.2, 0.25) is 0 Å². The zero-order valence-electron chi connectivity index (χ0n) is 8.44. The van der Waals surface area contributed by atoms with Gasteiger partial charge in [0, 0.05) is 0 Å². The van der Waals surface area contributed by atoms with Crippen LogP contribution in [0.15, 0.2) is 0 Å². The smallest absolute Gasteiger partial charge is 0.00270 e. The highest BCUT2D eigenvalue weighted by atomic mass is 32.1. The molecule has 0 aliphatic heterocycles. The lowest BCUT2D eigenvalue weighted by Crippen LogP contribution is -1.94. The first-order valence-corrected chi connectivity index (χ1v) is 5.58. The Labute approximate surface area is 82.7 Å². The van der Waals surface area contributed by atoms with Gasteiger partial charge in [0.05, 0.1) is 0 Å². The summed E-state index contributed by atoms with van der Waals surface area (Å²) < 4.78 is 0. The van der Waals surface area contributed by atoms with Crippen molar-refractivity contribution >= 4 is 17.1 Å². The summed E-state index contributed by atoms with van der Waals surface area (Å²) in [5.41, 5.74) is 0. The van der Waals surface area contributed by atoms with Gasteiger partial charge in [-0.1, -0.05) is 51.7 Å². The van der Waals surface area contributed by atoms with E-state index in [1.54, 1.807) is 0 Å². The van der Waals surface area contributed by atoms with Gasteiger partial charge in [0.25, 0.3) is 0 Å². The molecule has 0 saturated heterocycles. The second kappa shape index (κ2) is 9.18. The van der Waals surface area contributed by atoms with Crippen molar-refractivity contribution in [2.24, 2.45) is 0 Å². The topological polar surface area (TPSA) is 0 Å². The summed E-state index contributed by atoms with van der Waals surface area (Å²) in [4.78, 5) is 1.16. The molecular weight excluding hydrogens is 164 g/mol. The molecule has 0 N–H and O–H groups in total. The van der Waals surface area contributed by atoms with Gasteiger partial charge >= 0.3 is 0 Å². The molecule has 0 heterocycles. The Morgan fingerprint density at radius 3 is 2.33 bits per heavy atom. The lowest BCUT2D eigenvalue weighted by molar-refractivity contribution is 0.644. The van der Waals surface area contributed by atoms with Crippen molar-refractivity contribution in [2.75, 3.05) is 0 Å². The van der Waals surface area contributed by atoms with E-state index >= 15 is 0 Å². The minimum atomic E-state index is 1.09. The molecular formula is C11H21S. The Hall–Kier alpha value is 0.0900. The van der Waals surface area contributed by atoms with Crippen LogP contribution in [0.4, 0.5) is 0 Å². The van der Waals surface area contributed by atoms with Crippen LogP contribution in [0.3, 0.4) is 0 Å². The third kappa shape index (κ3) is 8.19. The normalized spacial score (nSPS) is 10.2. The van der Waals surface area contributed by atoms with Crippen LogP contribution in [0.25, 0.3) is 0 Å². The lowest BCUT2D eigenvalue weighted by atomic mass is 10.1. The zero-order valence-corrected chi connectivity index (χ0v) is 9.25. The van der Waals surface area contributed by atoms with Gasteiger partial charge in [-0.15, -0.1) is 0 Å². The second-order valence-electron chi connectivity index (χ2n) is 3.24. The number of hydrogen-bond acceptors (Lipinski definition) is 1. The molecule has 12 heavy (non-hydrogen) atoms. The predicted molar refractivity (Wildman–Crippen MR) is 60.6 cm³/mol. The number of hydrogen-bond donors (Lipinski definition) is 0. The quantitative estimate of drug-likeness (QED) is 0.400. The first-order chi connectivity index (χ1) is 5.81. The minimum Gasteiger partial charge on any atom is -0.0894 e. The molecule has 0 aliphatic rings. The summed E-state index contributed by atoms with van der Waals surface area (Å²) in [5.74, 6) is 0. The maximum absolute atomic E-state index is 5.18. The van der Waals surface area contributed by atoms with E-state index in [-0.39, 0.29) is 0 Å². The average Bonchev–Trinajstić information content (AvgIpc) is 2.05. The molecule has 0 aromatic carbocycles. The van der Waals surface area contributed by atoms with E-state index in [4.69, 9.17) is 12.2 Å². The van der Waals surface area contributed by atoms with E-state index in [0.29, 0.717) is 0 Å². The fourth-order valence-corrected chi connectivity index (χ4v) is 1.54. The second-order valence-corrected chi connectivity index (χ2v) is 3.77. The van der Waals surface area contributed by atoms with Crippen molar-refractivity contribution in [1.29, 1.82) is 0 Å². The maximum atomic E-state index is 5.18. The van der Waals surface area contributed by atoms with Crippen molar-refractivity contribution in [3.8, 4) is 0 Å². The summed E-state index contributed by atoms with van der Waals surface area (Å²) in [6, 6.07) is 0. The first-order valence-electron chi connectivity index (χ1n) is 5.17. The van der Waals surface area contributed by atoms with E-state index in [2.05, 4.69) is 20.3 Å². The first kappa shape index (κ1) is 12.1. The molecule has 71 valence electrons. The monoisotopic (exact) mass is 185 g/mol. The highest BCUT2D eigenvalue weighted by molar-refractivity contribution is 7.80. The molecule has 0 spiro atoms. The molecule has 0 nitrogen and oxygen atoms in total. The Morgan fingerprint density at radius 1 is 1.08 bits per heavy atom. The average molecular weight is 185 g/mol. The molecule has 0 unspecified atom stereocenters. The van der Waals surface area contributed by atoms with E-state index in [0.717, 1.165) is 17.7 Å². The molecule has 0 fully saturated rings. The Kier molecular flexibility index (Phi) is 9.25. The SMILES string of the molecule is CC[CH]C(=S)CCCCCCC. The fraction of sp³-hybridized carbons (Fsp3) is 0.818. The van der Waals surface area contributed by atoms with E-state index in [9.17, 15) is 0 Å². The molecule has 0 rings (SSSR count). The highest BCUT2D eigenvalue weighted by Crippen LogP contribution is 2.07. The zero-order chi connectivity index (χ0) is 9.23. The van der Waals surface area contributed by atoms with Crippen LogP contribution in [0.1, 0.15) is 58.8 Å². The van der Waals surface area contributed by atoms with Crippen LogP contribution in [-0.2, 0) is 0 Å². The van der Waals surface area contributed by atoms with Gasteiger partial charge in [0.2, 0.25) is 0 Å². The highest BCUT2D eigenvalue weighted by Gasteiger charge is 1.95. The van der Waals surface area contributed by atoms with Gasteiger partial charge in [-0.3, -0.25) is 0 Å². The van der Waals surface area contributed by atoms with Gasteiger partial charge in [0.15, 0.2) is 0 Å². The predicted octanol–water partition coefficient (Wildman–Crippen LogP) is 4.33. The van der Waals surface area contributed by atoms with Crippen molar-refractivity contribution in [2.45, 2.75) is 58.8 Å². The van der Waals surface area contributed by atoms with Crippen LogP contribution in [-0.4, -0.2) is 4.86 Å². The molecule has 0 bridgehead atoms. The van der Waals surface area contributed by atoms with Crippen molar-refractivity contribution in [1.82, 2.24) is 0 Å². The molecule has 0 amide bonds. The largest absolute Gasteiger partial charge is 0.0894 e. The number of rotatable bonds is 8. The Balaban J connectivity index is 3.03. The van der Waals surface area contributed by atoms with Crippen molar-refractivity contribution in [3.63, 3.8) is 0 Å². The summed E-state index contributed by atoms with van der Waals surface area (Å²) in [6.07, 6.45) is 11.1. The van der Waals surface area contributed by atoms with Gasteiger partial charge in [0.1, 0.15) is 0 Å². The standard InChI is InChI=1S/C11H21S/c1-3-5-6-7-8-10-11(12)9-4-2/h9H,3-8,10H2,1-2H3. The molecule has 0 aliphatic carbocycles. The Bertz CT molecular complexity index is 108. The minimum absolute atomic E-state index is 1.09. The number of thiocarbonyl (C=S) groups is 1. The van der Waals surface area contributed by atoms with Crippen LogP contribution >= 0.6 is 12.2 Å². The fourth-order valence-electron chi connectivity index (χ4n) is 1.23. The molecule has 0 aromatic rings. The third-order valence-electron chi connectivity index (χ3n) is 1.96. The van der Waals surface area contributed by atoms with Crippen molar-refractivity contribution in [3.05, 3.63) is 6.42 Å². The van der Waals surface area contributed by atoms with Gasteiger partial charge < -0.3 is 0 Å².